The zero-order valence-electron chi connectivity index (χ0n) is 14.3. The molecule has 0 aliphatic rings. The molecule has 0 aliphatic heterocycles. The Balaban J connectivity index is 1.92. The first-order chi connectivity index (χ1) is 11.6. The first-order valence-corrected chi connectivity index (χ1v) is 8.35. The Morgan fingerprint density at radius 1 is 0.833 bits per heavy atom. The number of para-hydroxylation sites is 1. The van der Waals surface area contributed by atoms with Crippen LogP contribution in [0.25, 0.3) is 0 Å². The third-order valence-electron chi connectivity index (χ3n) is 3.92. The summed E-state index contributed by atoms with van der Waals surface area (Å²) in [5.74, 6) is -0.556. The van der Waals surface area contributed by atoms with Crippen molar-refractivity contribution in [1.29, 1.82) is 0 Å². The van der Waals surface area contributed by atoms with E-state index in [9.17, 15) is 9.59 Å². The highest BCUT2D eigenvalue weighted by atomic mass is 16.2. The summed E-state index contributed by atoms with van der Waals surface area (Å²) < 4.78 is 0. The van der Waals surface area contributed by atoms with Crippen molar-refractivity contribution in [2.24, 2.45) is 0 Å². The standard InChI is InChI=1S/C20H24N2O2/c1-3-16-11-8-12-17(4-2)20(16)22-19(24)13-18(23)21-14-15-9-6-5-7-10-15/h5-12H,3-4,13-14H2,1-2H3,(H,21,23)(H,22,24). The summed E-state index contributed by atoms with van der Waals surface area (Å²) in [6, 6.07) is 15.6. The number of aryl methyl sites for hydroxylation is 2. The Morgan fingerprint density at radius 3 is 2.04 bits per heavy atom. The molecule has 0 aromatic heterocycles. The summed E-state index contributed by atoms with van der Waals surface area (Å²) in [5, 5.41) is 5.68. The van der Waals surface area contributed by atoms with Crippen LogP contribution >= 0.6 is 0 Å². The molecule has 0 saturated carbocycles. The molecular formula is C20H24N2O2. The van der Waals surface area contributed by atoms with Crippen LogP contribution in [0.15, 0.2) is 48.5 Å². The molecule has 2 amide bonds. The lowest BCUT2D eigenvalue weighted by Crippen LogP contribution is -2.28. The van der Waals surface area contributed by atoms with Crippen LogP contribution < -0.4 is 10.6 Å². The van der Waals surface area contributed by atoms with Crippen molar-refractivity contribution in [1.82, 2.24) is 5.32 Å². The molecule has 0 bridgehead atoms. The van der Waals surface area contributed by atoms with Gasteiger partial charge in [-0.1, -0.05) is 62.4 Å². The number of hydrogen-bond donors (Lipinski definition) is 2. The summed E-state index contributed by atoms with van der Waals surface area (Å²) in [5.41, 5.74) is 4.04. The van der Waals surface area contributed by atoms with Gasteiger partial charge in [-0.15, -0.1) is 0 Å². The maximum absolute atomic E-state index is 12.2. The smallest absolute Gasteiger partial charge is 0.233 e. The summed E-state index contributed by atoms with van der Waals surface area (Å²) in [6.07, 6.45) is 1.50. The minimum absolute atomic E-state index is 0.173. The van der Waals surface area contributed by atoms with E-state index in [1.54, 1.807) is 0 Å². The van der Waals surface area contributed by atoms with E-state index in [1.165, 1.54) is 0 Å². The molecule has 0 radical (unpaired) electrons. The maximum atomic E-state index is 12.2. The quantitative estimate of drug-likeness (QED) is 0.766. The van der Waals surface area contributed by atoms with Crippen LogP contribution in [0.4, 0.5) is 5.69 Å². The number of carbonyl (C=O) groups excluding carboxylic acids is 2. The van der Waals surface area contributed by atoms with Crippen molar-refractivity contribution in [2.75, 3.05) is 5.32 Å². The predicted octanol–water partition coefficient (Wildman–Crippen LogP) is 3.46. The zero-order chi connectivity index (χ0) is 17.4. The van der Waals surface area contributed by atoms with Crippen molar-refractivity contribution in [3.05, 3.63) is 65.2 Å². The lowest BCUT2D eigenvalue weighted by molar-refractivity contribution is -0.126. The van der Waals surface area contributed by atoms with Crippen LogP contribution in [-0.2, 0) is 29.0 Å². The first kappa shape index (κ1) is 17.7. The van der Waals surface area contributed by atoms with Gasteiger partial charge in [0.2, 0.25) is 11.8 Å². The SMILES string of the molecule is CCc1cccc(CC)c1NC(=O)CC(=O)NCc1ccccc1. The number of rotatable bonds is 7. The average molecular weight is 324 g/mol. The lowest BCUT2D eigenvalue weighted by atomic mass is 10.0. The second-order valence-electron chi connectivity index (χ2n) is 5.65. The molecular weight excluding hydrogens is 300 g/mol. The van der Waals surface area contributed by atoms with E-state index in [-0.39, 0.29) is 18.2 Å². The topological polar surface area (TPSA) is 58.2 Å². The Morgan fingerprint density at radius 2 is 1.46 bits per heavy atom. The van der Waals surface area contributed by atoms with E-state index in [4.69, 9.17) is 0 Å². The third kappa shape index (κ3) is 4.95. The Labute approximate surface area is 143 Å². The highest BCUT2D eigenvalue weighted by Gasteiger charge is 2.13. The van der Waals surface area contributed by atoms with Gasteiger partial charge in [0.1, 0.15) is 6.42 Å². The van der Waals surface area contributed by atoms with Gasteiger partial charge in [0.15, 0.2) is 0 Å². The summed E-state index contributed by atoms with van der Waals surface area (Å²) in [6.45, 7) is 4.53. The van der Waals surface area contributed by atoms with E-state index in [0.717, 1.165) is 35.2 Å². The van der Waals surface area contributed by atoms with Crippen LogP contribution in [0.5, 0.6) is 0 Å². The van der Waals surface area contributed by atoms with Crippen molar-refractivity contribution in [3.8, 4) is 0 Å². The predicted molar refractivity (Wildman–Crippen MR) is 96.7 cm³/mol. The highest BCUT2D eigenvalue weighted by Crippen LogP contribution is 2.22. The van der Waals surface area contributed by atoms with Crippen LogP contribution in [0.2, 0.25) is 0 Å². The molecule has 4 nitrogen and oxygen atoms in total. The lowest BCUT2D eigenvalue weighted by Gasteiger charge is -2.14. The van der Waals surface area contributed by atoms with Gasteiger partial charge in [0.05, 0.1) is 0 Å². The molecule has 2 N–H and O–H groups in total. The Kier molecular flexibility index (Phi) is 6.55. The second kappa shape index (κ2) is 8.87. The number of carbonyl (C=O) groups is 2. The summed E-state index contributed by atoms with van der Waals surface area (Å²) >= 11 is 0. The van der Waals surface area contributed by atoms with E-state index >= 15 is 0 Å². The molecule has 2 aromatic rings. The number of nitrogens with one attached hydrogen (secondary N) is 2. The van der Waals surface area contributed by atoms with Gasteiger partial charge in [0, 0.05) is 12.2 Å². The van der Waals surface area contributed by atoms with Crippen LogP contribution in [0.1, 0.15) is 37.0 Å². The number of benzene rings is 2. The molecule has 126 valence electrons. The maximum Gasteiger partial charge on any atom is 0.233 e. The molecule has 2 aromatic carbocycles. The molecule has 4 heteroatoms. The summed E-state index contributed by atoms with van der Waals surface area (Å²) in [4.78, 5) is 24.2. The zero-order valence-corrected chi connectivity index (χ0v) is 14.3. The van der Waals surface area contributed by atoms with E-state index in [2.05, 4.69) is 24.5 Å². The average Bonchev–Trinajstić information content (AvgIpc) is 2.61. The fourth-order valence-corrected chi connectivity index (χ4v) is 2.59. The molecule has 0 unspecified atom stereocenters. The van der Waals surface area contributed by atoms with Crippen LogP contribution in [0.3, 0.4) is 0 Å². The largest absolute Gasteiger partial charge is 0.352 e. The van der Waals surface area contributed by atoms with Gasteiger partial charge in [-0.2, -0.15) is 0 Å². The monoisotopic (exact) mass is 324 g/mol. The van der Waals surface area contributed by atoms with Gasteiger partial charge in [-0.3, -0.25) is 9.59 Å². The minimum atomic E-state index is -0.281. The number of anilines is 1. The van der Waals surface area contributed by atoms with Gasteiger partial charge in [0.25, 0.3) is 0 Å². The van der Waals surface area contributed by atoms with Crippen molar-refractivity contribution < 1.29 is 9.59 Å². The normalized spacial score (nSPS) is 10.2. The van der Waals surface area contributed by atoms with E-state index < -0.39 is 0 Å². The Hall–Kier alpha value is -2.62. The van der Waals surface area contributed by atoms with Crippen LogP contribution in [-0.4, -0.2) is 11.8 Å². The van der Waals surface area contributed by atoms with Gasteiger partial charge in [-0.25, -0.2) is 0 Å². The van der Waals surface area contributed by atoms with Crippen LogP contribution in [0, 0.1) is 0 Å². The molecule has 0 atom stereocenters. The highest BCUT2D eigenvalue weighted by molar-refractivity contribution is 6.04. The minimum Gasteiger partial charge on any atom is -0.352 e. The van der Waals surface area contributed by atoms with Gasteiger partial charge < -0.3 is 10.6 Å². The summed E-state index contributed by atoms with van der Waals surface area (Å²) in [7, 11) is 0. The van der Waals surface area contributed by atoms with Crippen molar-refractivity contribution in [3.63, 3.8) is 0 Å². The van der Waals surface area contributed by atoms with Gasteiger partial charge in [-0.05, 0) is 29.5 Å². The fourth-order valence-electron chi connectivity index (χ4n) is 2.59. The van der Waals surface area contributed by atoms with E-state index in [0.29, 0.717) is 6.54 Å². The number of hydrogen-bond acceptors (Lipinski definition) is 2. The molecule has 0 heterocycles. The Bertz CT molecular complexity index is 674. The first-order valence-electron chi connectivity index (χ1n) is 8.35. The fraction of sp³-hybridized carbons (Fsp3) is 0.300. The van der Waals surface area contributed by atoms with Gasteiger partial charge >= 0.3 is 0 Å². The second-order valence-corrected chi connectivity index (χ2v) is 5.65. The molecule has 0 spiro atoms. The van der Waals surface area contributed by atoms with E-state index in [1.807, 2.05) is 48.5 Å². The van der Waals surface area contributed by atoms with Crippen molar-refractivity contribution >= 4 is 17.5 Å². The molecule has 0 aliphatic carbocycles. The molecule has 0 fully saturated rings. The van der Waals surface area contributed by atoms with Crippen molar-refractivity contribution in [2.45, 2.75) is 39.7 Å². The molecule has 2 rings (SSSR count). The number of amides is 2. The molecule has 0 saturated heterocycles. The third-order valence-corrected chi connectivity index (χ3v) is 3.92. The molecule has 24 heavy (non-hydrogen) atoms.